The van der Waals surface area contributed by atoms with Gasteiger partial charge in [0.05, 0.1) is 0 Å². The molecule has 1 aliphatic rings. The average molecular weight is 330 g/mol. The van der Waals surface area contributed by atoms with E-state index in [1.807, 2.05) is 24.3 Å². The molecule has 120 valence electrons. The Kier molecular flexibility index (Phi) is 4.29. The molecular weight excluding hydrogens is 312 g/mol. The number of benzene rings is 1. The molecule has 0 fully saturated rings. The van der Waals surface area contributed by atoms with Crippen LogP contribution in [0.15, 0.2) is 54.2 Å². The zero-order valence-corrected chi connectivity index (χ0v) is 13.5. The van der Waals surface area contributed by atoms with E-state index >= 15 is 0 Å². The van der Waals surface area contributed by atoms with Crippen molar-refractivity contribution >= 4 is 18.5 Å². The van der Waals surface area contributed by atoms with Crippen molar-refractivity contribution in [2.75, 3.05) is 0 Å². The van der Waals surface area contributed by atoms with E-state index in [-0.39, 0.29) is 17.4 Å². The topological polar surface area (TPSA) is 79.2 Å². The molecule has 1 amide bonds. The fraction of sp³-hybridized carbons (Fsp3) is 0.250. The van der Waals surface area contributed by atoms with Crippen LogP contribution in [0.5, 0.6) is 0 Å². The first kappa shape index (κ1) is 15.5. The Hall–Kier alpha value is -2.41. The van der Waals surface area contributed by atoms with Gasteiger partial charge in [0.15, 0.2) is 5.88 Å². The summed E-state index contributed by atoms with van der Waals surface area (Å²) in [7, 11) is 0. The Morgan fingerprint density at radius 1 is 1.35 bits per heavy atom. The Bertz CT molecular complexity index is 725. The molecule has 0 aliphatic carbocycles. The number of rotatable bonds is 4. The van der Waals surface area contributed by atoms with E-state index in [2.05, 4.69) is 35.3 Å². The minimum Gasteiger partial charge on any atom is -0.494 e. The Morgan fingerprint density at radius 3 is 2.65 bits per heavy atom. The summed E-state index contributed by atoms with van der Waals surface area (Å²) in [6.45, 7) is 2.08. The van der Waals surface area contributed by atoms with Crippen molar-refractivity contribution in [2.24, 2.45) is 0 Å². The molecule has 0 saturated heterocycles. The minimum absolute atomic E-state index is 0.186. The zero-order chi connectivity index (χ0) is 16.4. The van der Waals surface area contributed by atoms with Gasteiger partial charge in [-0.3, -0.25) is 9.48 Å². The molecule has 1 aromatic carbocycles. The maximum Gasteiger partial charge on any atom is 0.257 e. The molecule has 0 saturated carbocycles. The fourth-order valence-electron chi connectivity index (χ4n) is 2.63. The summed E-state index contributed by atoms with van der Waals surface area (Å²) in [6, 6.07) is 9.18. The van der Waals surface area contributed by atoms with Gasteiger partial charge in [-0.15, -0.1) is 12.6 Å². The minimum atomic E-state index is -0.619. The molecule has 0 bridgehead atoms. The third-order valence-electron chi connectivity index (χ3n) is 3.81. The molecular formula is C16H18N4O2S. The van der Waals surface area contributed by atoms with Crippen LogP contribution in [0.4, 0.5) is 0 Å². The maximum atomic E-state index is 12.4. The molecule has 6 nitrogen and oxygen atoms in total. The lowest BCUT2D eigenvalue weighted by atomic mass is 9.96. The standard InChI is InChI=1S/C16H18N4O2S/c1-2-10-4-6-11(7-5-10)13(20-9-3-8-17-20)12-14(21)18-16(23)19-15(12)22/h3-9,13,16,18,21,23H,2H2,1H3,(H,19,22)/t13-,16+/m1/s1. The maximum absolute atomic E-state index is 12.4. The molecule has 23 heavy (non-hydrogen) atoms. The predicted molar refractivity (Wildman–Crippen MR) is 89.9 cm³/mol. The highest BCUT2D eigenvalue weighted by Gasteiger charge is 2.33. The summed E-state index contributed by atoms with van der Waals surface area (Å²) in [5.41, 5.74) is 1.66. The van der Waals surface area contributed by atoms with E-state index in [1.54, 1.807) is 23.1 Å². The number of nitrogens with zero attached hydrogens (tertiary/aromatic N) is 2. The monoisotopic (exact) mass is 330 g/mol. The summed E-state index contributed by atoms with van der Waals surface area (Å²) >= 11 is 4.12. The second-order valence-corrected chi connectivity index (χ2v) is 5.78. The van der Waals surface area contributed by atoms with E-state index in [4.69, 9.17) is 0 Å². The Morgan fingerprint density at radius 2 is 2.09 bits per heavy atom. The van der Waals surface area contributed by atoms with Crippen molar-refractivity contribution in [2.45, 2.75) is 24.9 Å². The molecule has 2 heterocycles. The molecule has 0 spiro atoms. The van der Waals surface area contributed by atoms with Gasteiger partial charge in [0.2, 0.25) is 0 Å². The molecule has 3 N–H and O–H groups in total. The second-order valence-electron chi connectivity index (χ2n) is 5.27. The van der Waals surface area contributed by atoms with Crippen LogP contribution in [0, 0.1) is 0 Å². The Labute approximate surface area is 139 Å². The molecule has 7 heteroatoms. The number of carbonyl (C=O) groups is 1. The first-order chi connectivity index (χ1) is 11.1. The van der Waals surface area contributed by atoms with Crippen LogP contribution in [0.1, 0.15) is 24.1 Å². The van der Waals surface area contributed by atoms with E-state index in [1.165, 1.54) is 5.56 Å². The number of aliphatic hydroxyl groups is 1. The van der Waals surface area contributed by atoms with Crippen molar-refractivity contribution in [3.8, 4) is 0 Å². The van der Waals surface area contributed by atoms with Gasteiger partial charge in [-0.25, -0.2) is 0 Å². The zero-order valence-electron chi connectivity index (χ0n) is 12.6. The number of aliphatic hydroxyl groups excluding tert-OH is 1. The number of nitrogens with one attached hydrogen (secondary N) is 2. The summed E-state index contributed by atoms with van der Waals surface area (Å²) in [6.07, 6.45) is 4.34. The van der Waals surface area contributed by atoms with E-state index in [0.717, 1.165) is 12.0 Å². The summed E-state index contributed by atoms with van der Waals surface area (Å²) < 4.78 is 1.65. The first-order valence-corrected chi connectivity index (χ1v) is 7.88. The van der Waals surface area contributed by atoms with Gasteiger partial charge in [-0.2, -0.15) is 5.10 Å². The van der Waals surface area contributed by atoms with Crippen LogP contribution in [0.3, 0.4) is 0 Å². The van der Waals surface area contributed by atoms with E-state index < -0.39 is 11.5 Å². The van der Waals surface area contributed by atoms with Crippen molar-refractivity contribution in [3.05, 3.63) is 65.3 Å². The normalized spacial score (nSPS) is 19.2. The van der Waals surface area contributed by atoms with Gasteiger partial charge in [0.25, 0.3) is 5.91 Å². The lowest BCUT2D eigenvalue weighted by molar-refractivity contribution is -0.119. The predicted octanol–water partition coefficient (Wildman–Crippen LogP) is 1.74. The van der Waals surface area contributed by atoms with E-state index in [9.17, 15) is 9.90 Å². The third-order valence-corrected chi connectivity index (χ3v) is 4.07. The van der Waals surface area contributed by atoms with Gasteiger partial charge in [0, 0.05) is 12.4 Å². The van der Waals surface area contributed by atoms with Crippen LogP contribution in [-0.2, 0) is 11.2 Å². The molecule has 1 aliphatic heterocycles. The third kappa shape index (κ3) is 3.05. The number of thiol groups is 1. The average Bonchev–Trinajstić information content (AvgIpc) is 3.05. The summed E-state index contributed by atoms with van der Waals surface area (Å²) in [4.78, 5) is 12.4. The molecule has 3 rings (SSSR count). The van der Waals surface area contributed by atoms with Crippen molar-refractivity contribution in [3.63, 3.8) is 0 Å². The molecule has 2 atom stereocenters. The molecule has 2 aromatic rings. The van der Waals surface area contributed by atoms with Crippen LogP contribution >= 0.6 is 12.6 Å². The largest absolute Gasteiger partial charge is 0.494 e. The van der Waals surface area contributed by atoms with Crippen LogP contribution < -0.4 is 10.6 Å². The molecule has 0 radical (unpaired) electrons. The van der Waals surface area contributed by atoms with Gasteiger partial charge in [0.1, 0.15) is 17.1 Å². The smallest absolute Gasteiger partial charge is 0.257 e. The number of aryl methyl sites for hydroxylation is 1. The lowest BCUT2D eigenvalue weighted by Gasteiger charge is -2.28. The van der Waals surface area contributed by atoms with Gasteiger partial charge in [-0.1, -0.05) is 31.2 Å². The fourth-order valence-corrected chi connectivity index (χ4v) is 2.87. The van der Waals surface area contributed by atoms with Crippen LogP contribution in [0.25, 0.3) is 0 Å². The number of hydrogen-bond donors (Lipinski definition) is 4. The van der Waals surface area contributed by atoms with Crippen LogP contribution in [0.2, 0.25) is 0 Å². The highest BCUT2D eigenvalue weighted by atomic mass is 32.1. The molecule has 0 unspecified atom stereocenters. The van der Waals surface area contributed by atoms with Gasteiger partial charge >= 0.3 is 0 Å². The van der Waals surface area contributed by atoms with Crippen molar-refractivity contribution in [1.82, 2.24) is 20.4 Å². The van der Waals surface area contributed by atoms with Gasteiger partial charge in [-0.05, 0) is 23.6 Å². The van der Waals surface area contributed by atoms with E-state index in [0.29, 0.717) is 0 Å². The summed E-state index contributed by atoms with van der Waals surface area (Å²) in [5.74, 6) is -0.560. The SMILES string of the molecule is CCc1ccc([C@H](C2=C(O)N[C@H](S)NC2=O)n2cccn2)cc1. The summed E-state index contributed by atoms with van der Waals surface area (Å²) in [5, 5.41) is 19.9. The van der Waals surface area contributed by atoms with Gasteiger partial charge < -0.3 is 15.7 Å². The highest BCUT2D eigenvalue weighted by molar-refractivity contribution is 7.80. The Balaban J connectivity index is 2.09. The van der Waals surface area contributed by atoms with Crippen LogP contribution in [-0.4, -0.2) is 26.3 Å². The number of hydrogen-bond acceptors (Lipinski definition) is 5. The van der Waals surface area contributed by atoms with Crippen molar-refractivity contribution < 1.29 is 9.90 Å². The lowest BCUT2D eigenvalue weighted by Crippen LogP contribution is -2.49. The quantitative estimate of drug-likeness (QED) is 0.644. The number of carbonyl (C=O) groups excluding carboxylic acids is 1. The molecule has 1 aromatic heterocycles. The highest BCUT2D eigenvalue weighted by Crippen LogP contribution is 2.29. The number of amides is 1. The number of aromatic nitrogens is 2. The second kappa shape index (κ2) is 6.37. The van der Waals surface area contributed by atoms with Crippen molar-refractivity contribution in [1.29, 1.82) is 0 Å². The first-order valence-electron chi connectivity index (χ1n) is 7.36.